The zero-order valence-corrected chi connectivity index (χ0v) is 12.1. The summed E-state index contributed by atoms with van der Waals surface area (Å²) >= 11 is 1.50. The summed E-state index contributed by atoms with van der Waals surface area (Å²) in [5.74, 6) is -0.0872. The van der Waals surface area contributed by atoms with Gasteiger partial charge in [0.25, 0.3) is 5.91 Å². The Morgan fingerprint density at radius 2 is 2.20 bits per heavy atom. The molecule has 1 aromatic heterocycles. The van der Waals surface area contributed by atoms with E-state index in [1.54, 1.807) is 0 Å². The van der Waals surface area contributed by atoms with E-state index in [9.17, 15) is 4.79 Å². The summed E-state index contributed by atoms with van der Waals surface area (Å²) in [4.78, 5) is 17.5. The van der Waals surface area contributed by atoms with E-state index in [2.05, 4.69) is 10.3 Å². The zero-order chi connectivity index (χ0) is 13.9. The summed E-state index contributed by atoms with van der Waals surface area (Å²) in [6.07, 6.45) is 1.42. The van der Waals surface area contributed by atoms with Gasteiger partial charge in [-0.25, -0.2) is 4.98 Å². The van der Waals surface area contributed by atoms with Crippen LogP contribution >= 0.6 is 11.3 Å². The molecule has 1 N–H and O–H groups in total. The molecule has 2 heterocycles. The Hall–Kier alpha value is -1.72. The van der Waals surface area contributed by atoms with Gasteiger partial charge in [-0.15, -0.1) is 0 Å². The minimum absolute atomic E-state index is 0.0872. The van der Waals surface area contributed by atoms with Crippen LogP contribution in [0, 0.1) is 6.92 Å². The maximum Gasteiger partial charge on any atom is 0.255 e. The van der Waals surface area contributed by atoms with Crippen LogP contribution in [0.5, 0.6) is 0 Å². The Kier molecular flexibility index (Phi) is 3.80. The van der Waals surface area contributed by atoms with Gasteiger partial charge in [0.1, 0.15) is 6.10 Å². The molecular formula is C15H16N2O2S. The smallest absolute Gasteiger partial charge is 0.255 e. The lowest BCUT2D eigenvalue weighted by Gasteiger charge is -2.07. The number of anilines is 1. The Bertz CT molecular complexity index is 604. The highest BCUT2D eigenvalue weighted by Gasteiger charge is 2.24. The van der Waals surface area contributed by atoms with E-state index in [4.69, 9.17) is 4.74 Å². The number of ether oxygens (including phenoxy) is 1. The minimum atomic E-state index is -0.320. The largest absolute Gasteiger partial charge is 0.368 e. The average Bonchev–Trinajstić information content (AvgIpc) is 3.09. The van der Waals surface area contributed by atoms with E-state index in [0.29, 0.717) is 11.7 Å². The van der Waals surface area contributed by atoms with Crippen molar-refractivity contribution in [3.63, 3.8) is 0 Å². The normalized spacial score (nSPS) is 18.1. The van der Waals surface area contributed by atoms with E-state index in [0.717, 1.165) is 29.0 Å². The number of benzene rings is 1. The van der Waals surface area contributed by atoms with Crippen molar-refractivity contribution in [2.45, 2.75) is 25.9 Å². The Morgan fingerprint density at radius 3 is 2.90 bits per heavy atom. The zero-order valence-electron chi connectivity index (χ0n) is 11.3. The van der Waals surface area contributed by atoms with Crippen LogP contribution in [0.25, 0.3) is 10.4 Å². The fourth-order valence-electron chi connectivity index (χ4n) is 2.28. The van der Waals surface area contributed by atoms with Crippen molar-refractivity contribution in [2.24, 2.45) is 0 Å². The third-order valence-electron chi connectivity index (χ3n) is 3.28. The number of nitrogens with one attached hydrogen (secondary N) is 1. The molecule has 0 radical (unpaired) electrons. The first kappa shape index (κ1) is 13.3. The van der Waals surface area contributed by atoms with E-state index in [-0.39, 0.29) is 12.0 Å². The van der Waals surface area contributed by atoms with Crippen LogP contribution < -0.4 is 5.32 Å². The standard InChI is InChI=1S/C15H16N2O2S/c1-10-13(11-6-3-2-4-7-11)20-15(16-10)17-14(18)12-8-5-9-19-12/h2-4,6-7,12H,5,8-9H2,1H3,(H,16,17,18)/t12-/m1/s1. The second kappa shape index (κ2) is 5.73. The average molecular weight is 288 g/mol. The van der Waals surface area contributed by atoms with Crippen LogP contribution in [0.4, 0.5) is 5.13 Å². The molecule has 1 amide bonds. The van der Waals surface area contributed by atoms with Gasteiger partial charge < -0.3 is 4.74 Å². The summed E-state index contributed by atoms with van der Waals surface area (Å²) in [5.41, 5.74) is 2.06. The van der Waals surface area contributed by atoms with Crippen molar-refractivity contribution < 1.29 is 9.53 Å². The number of amides is 1. The number of aryl methyl sites for hydroxylation is 1. The summed E-state index contributed by atoms with van der Waals surface area (Å²) < 4.78 is 5.37. The lowest BCUT2D eigenvalue weighted by Crippen LogP contribution is -2.26. The van der Waals surface area contributed by atoms with Crippen LogP contribution in [-0.2, 0) is 9.53 Å². The monoisotopic (exact) mass is 288 g/mol. The Labute approximate surface area is 121 Å². The van der Waals surface area contributed by atoms with Gasteiger partial charge in [-0.3, -0.25) is 10.1 Å². The highest BCUT2D eigenvalue weighted by Crippen LogP contribution is 2.32. The number of hydrogen-bond acceptors (Lipinski definition) is 4. The van der Waals surface area contributed by atoms with Crippen LogP contribution in [0.1, 0.15) is 18.5 Å². The lowest BCUT2D eigenvalue weighted by atomic mass is 10.2. The molecule has 5 heteroatoms. The van der Waals surface area contributed by atoms with Crippen molar-refractivity contribution in [1.82, 2.24) is 4.98 Å². The van der Waals surface area contributed by atoms with E-state index < -0.39 is 0 Å². The highest BCUT2D eigenvalue weighted by atomic mass is 32.1. The van der Waals surface area contributed by atoms with Crippen molar-refractivity contribution in [2.75, 3.05) is 11.9 Å². The fourth-order valence-corrected chi connectivity index (χ4v) is 3.25. The summed E-state index contributed by atoms with van der Waals surface area (Å²) in [5, 5.41) is 3.50. The summed E-state index contributed by atoms with van der Waals surface area (Å²) in [6.45, 7) is 2.63. The van der Waals surface area contributed by atoms with Gasteiger partial charge in [0.15, 0.2) is 5.13 Å². The number of thiazole rings is 1. The minimum Gasteiger partial charge on any atom is -0.368 e. The Morgan fingerprint density at radius 1 is 1.40 bits per heavy atom. The van der Waals surface area contributed by atoms with Gasteiger partial charge in [-0.1, -0.05) is 41.7 Å². The quantitative estimate of drug-likeness (QED) is 0.943. The predicted octanol–water partition coefficient (Wildman–Crippen LogP) is 3.24. The molecular weight excluding hydrogens is 272 g/mol. The molecule has 2 aromatic rings. The Balaban J connectivity index is 1.77. The van der Waals surface area contributed by atoms with Gasteiger partial charge in [0.2, 0.25) is 0 Å². The maximum atomic E-state index is 12.0. The third kappa shape index (κ3) is 2.73. The lowest BCUT2D eigenvalue weighted by molar-refractivity contribution is -0.124. The molecule has 1 aliphatic heterocycles. The van der Waals surface area contributed by atoms with E-state index >= 15 is 0 Å². The molecule has 1 aromatic carbocycles. The highest BCUT2D eigenvalue weighted by molar-refractivity contribution is 7.19. The van der Waals surface area contributed by atoms with Crippen molar-refractivity contribution >= 4 is 22.4 Å². The molecule has 1 saturated heterocycles. The molecule has 104 valence electrons. The number of aromatic nitrogens is 1. The second-order valence-electron chi connectivity index (χ2n) is 4.79. The number of carbonyl (C=O) groups excluding carboxylic acids is 1. The van der Waals surface area contributed by atoms with Gasteiger partial charge in [-0.05, 0) is 25.3 Å². The first-order valence-electron chi connectivity index (χ1n) is 6.69. The van der Waals surface area contributed by atoms with Crippen molar-refractivity contribution in [3.05, 3.63) is 36.0 Å². The molecule has 0 aliphatic carbocycles. The number of rotatable bonds is 3. The van der Waals surface area contributed by atoms with Gasteiger partial charge in [0.05, 0.1) is 10.6 Å². The molecule has 0 bridgehead atoms. The maximum absolute atomic E-state index is 12.0. The molecule has 1 aliphatic rings. The van der Waals surface area contributed by atoms with E-state index in [1.165, 1.54) is 11.3 Å². The number of hydrogen-bond donors (Lipinski definition) is 1. The molecule has 3 rings (SSSR count). The molecule has 1 atom stereocenters. The molecule has 4 nitrogen and oxygen atoms in total. The predicted molar refractivity (Wildman–Crippen MR) is 79.9 cm³/mol. The van der Waals surface area contributed by atoms with Crippen LogP contribution in [0.3, 0.4) is 0 Å². The van der Waals surface area contributed by atoms with Crippen LogP contribution in [0.15, 0.2) is 30.3 Å². The summed E-state index contributed by atoms with van der Waals surface area (Å²) in [6, 6.07) is 10.1. The van der Waals surface area contributed by atoms with Crippen molar-refractivity contribution in [1.29, 1.82) is 0 Å². The molecule has 20 heavy (non-hydrogen) atoms. The summed E-state index contributed by atoms with van der Waals surface area (Å²) in [7, 11) is 0. The SMILES string of the molecule is Cc1nc(NC(=O)[C@H]2CCCO2)sc1-c1ccccc1. The van der Waals surface area contributed by atoms with Gasteiger partial charge >= 0.3 is 0 Å². The van der Waals surface area contributed by atoms with Crippen LogP contribution in [-0.4, -0.2) is 23.6 Å². The molecule has 0 unspecified atom stereocenters. The van der Waals surface area contributed by atoms with Gasteiger partial charge in [-0.2, -0.15) is 0 Å². The second-order valence-corrected chi connectivity index (χ2v) is 5.79. The first-order chi connectivity index (χ1) is 9.74. The molecule has 0 spiro atoms. The van der Waals surface area contributed by atoms with Crippen LogP contribution in [0.2, 0.25) is 0 Å². The first-order valence-corrected chi connectivity index (χ1v) is 7.51. The van der Waals surface area contributed by atoms with E-state index in [1.807, 2.05) is 37.3 Å². The molecule has 1 fully saturated rings. The number of nitrogens with zero attached hydrogens (tertiary/aromatic N) is 1. The molecule has 0 saturated carbocycles. The number of carbonyl (C=O) groups is 1. The van der Waals surface area contributed by atoms with Gasteiger partial charge in [0, 0.05) is 6.61 Å². The third-order valence-corrected chi connectivity index (χ3v) is 4.41. The van der Waals surface area contributed by atoms with Crippen molar-refractivity contribution in [3.8, 4) is 10.4 Å². The topological polar surface area (TPSA) is 51.2 Å². The fraction of sp³-hybridized carbons (Fsp3) is 0.333.